The minimum atomic E-state index is -4.31. The van der Waals surface area contributed by atoms with Crippen LogP contribution in [0.2, 0.25) is 0 Å². The quantitative estimate of drug-likeness (QED) is 0.750. The first kappa shape index (κ1) is 16.0. The van der Waals surface area contributed by atoms with Crippen LogP contribution < -0.4 is 16.4 Å². The van der Waals surface area contributed by atoms with Crippen LogP contribution in [-0.4, -0.2) is 31.1 Å². The number of carbonyl (C=O) groups is 2. The third-order valence-corrected chi connectivity index (χ3v) is 2.25. The van der Waals surface area contributed by atoms with Crippen molar-refractivity contribution in [3.8, 4) is 0 Å². The molecule has 0 saturated heterocycles. The molecule has 20 heavy (non-hydrogen) atoms. The summed E-state index contributed by atoms with van der Waals surface area (Å²) in [6.45, 7) is -0.534. The number of benzene rings is 1. The van der Waals surface area contributed by atoms with Crippen molar-refractivity contribution in [3.63, 3.8) is 0 Å². The Hall–Kier alpha value is -2.09. The number of alkyl halides is 3. The topological polar surface area (TPSA) is 84.2 Å². The van der Waals surface area contributed by atoms with E-state index in [1.807, 2.05) is 0 Å². The number of rotatable bonds is 5. The molecule has 0 aromatic heterocycles. The van der Waals surface area contributed by atoms with Crippen LogP contribution in [0.1, 0.15) is 5.56 Å². The number of halogens is 3. The highest BCUT2D eigenvalue weighted by Gasteiger charge is 2.27. The number of hydrogen-bond donors (Lipinski definition) is 3. The smallest absolute Gasteiger partial charge is 0.346 e. The summed E-state index contributed by atoms with van der Waals surface area (Å²) in [5.74, 6) is -1.04. The number of hydrogen-bond acceptors (Lipinski definition) is 3. The molecule has 0 unspecified atom stereocenters. The number of nitrogens with one attached hydrogen (secondary N) is 2. The lowest BCUT2D eigenvalue weighted by Gasteiger charge is -2.09. The van der Waals surface area contributed by atoms with Gasteiger partial charge >= 0.3 is 6.18 Å². The molecule has 5 nitrogen and oxygen atoms in total. The molecule has 0 bridgehead atoms. The normalized spacial score (nSPS) is 11.0. The third-order valence-electron chi connectivity index (χ3n) is 2.25. The van der Waals surface area contributed by atoms with Crippen LogP contribution in [0, 0.1) is 0 Å². The second kappa shape index (κ2) is 6.90. The van der Waals surface area contributed by atoms with Gasteiger partial charge in [0.2, 0.25) is 11.8 Å². The van der Waals surface area contributed by atoms with Crippen molar-refractivity contribution >= 4 is 17.5 Å². The molecule has 0 radical (unpaired) electrons. The number of anilines is 1. The van der Waals surface area contributed by atoms with Gasteiger partial charge in [0.05, 0.1) is 19.5 Å². The van der Waals surface area contributed by atoms with Gasteiger partial charge in [0.25, 0.3) is 0 Å². The average Bonchev–Trinajstić information content (AvgIpc) is 2.34. The van der Waals surface area contributed by atoms with Gasteiger partial charge in [-0.1, -0.05) is 12.1 Å². The summed E-state index contributed by atoms with van der Waals surface area (Å²) in [5, 5.41) is 4.63. The van der Waals surface area contributed by atoms with Gasteiger partial charge in [-0.2, -0.15) is 13.2 Å². The predicted octanol–water partition coefficient (Wildman–Crippen LogP) is 0.805. The van der Waals surface area contributed by atoms with E-state index in [2.05, 4.69) is 10.6 Å². The lowest BCUT2D eigenvalue weighted by molar-refractivity contribution is -0.127. The number of nitrogens with two attached hydrogens (primary N) is 1. The molecule has 4 N–H and O–H groups in total. The summed E-state index contributed by atoms with van der Waals surface area (Å²) >= 11 is 0. The van der Waals surface area contributed by atoms with Crippen molar-refractivity contribution in [1.29, 1.82) is 0 Å². The Morgan fingerprint density at radius 2 is 1.90 bits per heavy atom. The highest BCUT2D eigenvalue weighted by molar-refractivity contribution is 5.94. The first-order chi connectivity index (χ1) is 9.30. The van der Waals surface area contributed by atoms with Crippen molar-refractivity contribution in [2.45, 2.75) is 12.6 Å². The number of amides is 2. The lowest BCUT2D eigenvalue weighted by Crippen LogP contribution is -2.36. The molecular weight excluding hydrogens is 275 g/mol. The van der Waals surface area contributed by atoms with Crippen LogP contribution in [0.5, 0.6) is 0 Å². The third kappa shape index (κ3) is 6.19. The average molecular weight is 289 g/mol. The maximum absolute atomic E-state index is 12.2. The van der Waals surface area contributed by atoms with E-state index in [0.29, 0.717) is 0 Å². The van der Waals surface area contributed by atoms with Crippen LogP contribution in [-0.2, 0) is 16.0 Å². The predicted molar refractivity (Wildman–Crippen MR) is 66.9 cm³/mol. The summed E-state index contributed by atoms with van der Waals surface area (Å²) < 4.78 is 36.7. The summed E-state index contributed by atoms with van der Waals surface area (Å²) in [4.78, 5) is 22.3. The van der Waals surface area contributed by atoms with Gasteiger partial charge in [-0.25, -0.2) is 0 Å². The van der Waals surface area contributed by atoms with Gasteiger partial charge in [0, 0.05) is 5.69 Å². The van der Waals surface area contributed by atoms with Gasteiger partial charge in [-0.05, 0) is 17.7 Å². The van der Waals surface area contributed by atoms with E-state index in [4.69, 9.17) is 5.73 Å². The van der Waals surface area contributed by atoms with Crippen molar-refractivity contribution in [3.05, 3.63) is 29.8 Å². The second-order valence-electron chi connectivity index (χ2n) is 4.02. The molecule has 0 aliphatic heterocycles. The van der Waals surface area contributed by atoms with Crippen molar-refractivity contribution in [2.24, 2.45) is 5.73 Å². The van der Waals surface area contributed by atoms with E-state index in [1.165, 1.54) is 24.3 Å². The zero-order valence-electron chi connectivity index (χ0n) is 10.5. The second-order valence-corrected chi connectivity index (χ2v) is 4.02. The maximum atomic E-state index is 12.2. The van der Waals surface area contributed by atoms with E-state index in [-0.39, 0.29) is 24.3 Å². The first-order valence-corrected chi connectivity index (χ1v) is 5.72. The van der Waals surface area contributed by atoms with Crippen LogP contribution in [0.3, 0.4) is 0 Å². The van der Waals surface area contributed by atoms with Crippen LogP contribution in [0.15, 0.2) is 24.3 Å². The minimum absolute atomic E-state index is 0.0429. The molecule has 1 rings (SSSR count). The van der Waals surface area contributed by atoms with E-state index in [1.54, 1.807) is 0 Å². The summed E-state index contributed by atoms with van der Waals surface area (Å²) in [6, 6.07) is 5.42. The molecule has 1 aromatic carbocycles. The molecule has 110 valence electrons. The standard InChI is InChI=1S/C12H14F3N3O2/c13-12(14,15)5-8-2-1-3-9(4-8)18-11(20)7-17-10(19)6-16/h1-4H,5-7,16H2,(H,17,19)(H,18,20). The van der Waals surface area contributed by atoms with Crippen molar-refractivity contribution in [1.82, 2.24) is 5.32 Å². The Balaban J connectivity index is 2.57. The van der Waals surface area contributed by atoms with Crippen molar-refractivity contribution in [2.75, 3.05) is 18.4 Å². The molecule has 0 spiro atoms. The molecular formula is C12H14F3N3O2. The molecule has 0 aliphatic rings. The highest BCUT2D eigenvalue weighted by Crippen LogP contribution is 2.22. The fourth-order valence-corrected chi connectivity index (χ4v) is 1.45. The summed E-state index contributed by atoms with van der Waals surface area (Å²) in [6.07, 6.45) is -5.38. The van der Waals surface area contributed by atoms with Crippen LogP contribution >= 0.6 is 0 Å². The van der Waals surface area contributed by atoms with Gasteiger partial charge < -0.3 is 16.4 Å². The summed E-state index contributed by atoms with van der Waals surface area (Å²) in [7, 11) is 0. The fourth-order valence-electron chi connectivity index (χ4n) is 1.45. The molecule has 0 fully saturated rings. The fraction of sp³-hybridized carbons (Fsp3) is 0.333. The van der Waals surface area contributed by atoms with Gasteiger partial charge in [0.15, 0.2) is 0 Å². The Labute approximate surface area is 113 Å². The molecule has 0 heterocycles. The highest BCUT2D eigenvalue weighted by atomic mass is 19.4. The molecule has 0 atom stereocenters. The van der Waals surface area contributed by atoms with Gasteiger partial charge in [-0.3, -0.25) is 9.59 Å². The molecule has 0 saturated carbocycles. The largest absolute Gasteiger partial charge is 0.393 e. The molecule has 8 heteroatoms. The van der Waals surface area contributed by atoms with E-state index < -0.39 is 24.4 Å². The van der Waals surface area contributed by atoms with Crippen LogP contribution in [0.4, 0.5) is 18.9 Å². The van der Waals surface area contributed by atoms with E-state index in [0.717, 1.165) is 0 Å². The van der Waals surface area contributed by atoms with E-state index >= 15 is 0 Å². The molecule has 1 aromatic rings. The van der Waals surface area contributed by atoms with Gasteiger partial charge in [0.1, 0.15) is 0 Å². The SMILES string of the molecule is NCC(=O)NCC(=O)Nc1cccc(CC(F)(F)F)c1. The molecule has 0 aliphatic carbocycles. The first-order valence-electron chi connectivity index (χ1n) is 5.72. The Kier molecular flexibility index (Phi) is 5.51. The zero-order valence-corrected chi connectivity index (χ0v) is 10.5. The Morgan fingerprint density at radius 1 is 1.20 bits per heavy atom. The maximum Gasteiger partial charge on any atom is 0.393 e. The zero-order chi connectivity index (χ0) is 15.2. The molecule has 2 amide bonds. The van der Waals surface area contributed by atoms with Crippen LogP contribution in [0.25, 0.3) is 0 Å². The Bertz CT molecular complexity index is 489. The lowest BCUT2D eigenvalue weighted by atomic mass is 10.1. The van der Waals surface area contributed by atoms with E-state index in [9.17, 15) is 22.8 Å². The number of carbonyl (C=O) groups excluding carboxylic acids is 2. The van der Waals surface area contributed by atoms with Gasteiger partial charge in [-0.15, -0.1) is 0 Å². The Morgan fingerprint density at radius 3 is 2.50 bits per heavy atom. The summed E-state index contributed by atoms with van der Waals surface area (Å²) in [5.41, 5.74) is 5.32. The minimum Gasteiger partial charge on any atom is -0.346 e. The van der Waals surface area contributed by atoms with Crippen molar-refractivity contribution < 1.29 is 22.8 Å². The monoisotopic (exact) mass is 289 g/mol.